The summed E-state index contributed by atoms with van der Waals surface area (Å²) in [4.78, 5) is 33.2. The molecule has 0 fully saturated rings. The van der Waals surface area contributed by atoms with Gasteiger partial charge in [-0.3, -0.25) is 9.36 Å². The summed E-state index contributed by atoms with van der Waals surface area (Å²) in [6, 6.07) is 17.2. The van der Waals surface area contributed by atoms with E-state index in [0.717, 1.165) is 0 Å². The second-order valence-electron chi connectivity index (χ2n) is 8.74. The molecule has 0 radical (unpaired) electrons. The molecule has 0 spiro atoms. The number of benzene rings is 3. The largest absolute Gasteiger partial charge is 0.322 e. The number of nitrogens with zero attached hydrogens (tertiary/aromatic N) is 3. The number of para-hydroxylation sites is 2. The van der Waals surface area contributed by atoms with E-state index >= 15 is 0 Å². The van der Waals surface area contributed by atoms with Crippen LogP contribution in [0.2, 0.25) is 0 Å². The monoisotopic (exact) mass is 476 g/mol. The molecule has 4 rings (SSSR count). The average molecular weight is 477 g/mol. The van der Waals surface area contributed by atoms with Gasteiger partial charge in [0.25, 0.3) is 5.56 Å². The van der Waals surface area contributed by atoms with E-state index in [9.17, 15) is 18.4 Å². The van der Waals surface area contributed by atoms with Gasteiger partial charge in [0.2, 0.25) is 0 Å². The lowest BCUT2D eigenvalue weighted by Crippen LogP contribution is -2.42. The number of halogens is 2. The SMILES string of the molecule is CC(C)CN(C(=O)Nc1ccccc1F)C(C)c1nc2ccccc2c(=O)n1-c1ccc(F)cc1. The Morgan fingerprint density at radius 3 is 2.31 bits per heavy atom. The minimum absolute atomic E-state index is 0.0563. The maximum absolute atomic E-state index is 14.2. The molecular formula is C27H26F2N4O2. The molecule has 3 aromatic carbocycles. The summed E-state index contributed by atoms with van der Waals surface area (Å²) in [5, 5.41) is 3.03. The number of rotatable bonds is 6. The Kier molecular flexibility index (Phi) is 6.91. The fraction of sp³-hybridized carbons (Fsp3) is 0.222. The van der Waals surface area contributed by atoms with Gasteiger partial charge in [-0.25, -0.2) is 18.6 Å². The smallest absolute Gasteiger partial charge is 0.314 e. The molecule has 1 unspecified atom stereocenters. The molecule has 1 heterocycles. The number of anilines is 1. The van der Waals surface area contributed by atoms with Crippen LogP contribution >= 0.6 is 0 Å². The van der Waals surface area contributed by atoms with Gasteiger partial charge in [0.1, 0.15) is 17.5 Å². The topological polar surface area (TPSA) is 67.2 Å². The van der Waals surface area contributed by atoms with Crippen molar-refractivity contribution in [2.24, 2.45) is 5.92 Å². The number of aromatic nitrogens is 2. The van der Waals surface area contributed by atoms with Gasteiger partial charge in [-0.05, 0) is 61.4 Å². The number of hydrogen-bond donors (Lipinski definition) is 1. The van der Waals surface area contributed by atoms with Crippen LogP contribution in [0.4, 0.5) is 19.3 Å². The number of nitrogens with one attached hydrogen (secondary N) is 1. The Labute approximate surface area is 201 Å². The van der Waals surface area contributed by atoms with E-state index in [1.54, 1.807) is 43.3 Å². The zero-order valence-corrected chi connectivity index (χ0v) is 19.7. The lowest BCUT2D eigenvalue weighted by Gasteiger charge is -2.32. The molecule has 0 bridgehead atoms. The minimum Gasteiger partial charge on any atom is -0.314 e. The van der Waals surface area contributed by atoms with E-state index in [-0.39, 0.29) is 17.2 Å². The predicted molar refractivity (Wildman–Crippen MR) is 133 cm³/mol. The van der Waals surface area contributed by atoms with Crippen LogP contribution in [0, 0.1) is 17.6 Å². The molecule has 0 saturated heterocycles. The van der Waals surface area contributed by atoms with Gasteiger partial charge in [-0.1, -0.05) is 38.1 Å². The second kappa shape index (κ2) is 10.0. The Morgan fingerprint density at radius 2 is 1.63 bits per heavy atom. The van der Waals surface area contributed by atoms with Crippen molar-refractivity contribution in [3.05, 3.63) is 101 Å². The van der Waals surface area contributed by atoms with Crippen LogP contribution in [-0.2, 0) is 0 Å². The summed E-state index contributed by atoms with van der Waals surface area (Å²) < 4.78 is 29.3. The van der Waals surface area contributed by atoms with Gasteiger partial charge in [0.05, 0.1) is 28.3 Å². The third-order valence-corrected chi connectivity index (χ3v) is 5.67. The zero-order chi connectivity index (χ0) is 25.1. The van der Waals surface area contributed by atoms with E-state index in [4.69, 9.17) is 4.98 Å². The molecule has 1 aromatic heterocycles. The summed E-state index contributed by atoms with van der Waals surface area (Å²) >= 11 is 0. The van der Waals surface area contributed by atoms with Gasteiger partial charge in [0, 0.05) is 6.54 Å². The maximum atomic E-state index is 14.2. The quantitative estimate of drug-likeness (QED) is 0.376. The highest BCUT2D eigenvalue weighted by atomic mass is 19.1. The molecular weight excluding hydrogens is 450 g/mol. The third-order valence-electron chi connectivity index (χ3n) is 5.67. The highest BCUT2D eigenvalue weighted by molar-refractivity contribution is 5.89. The highest BCUT2D eigenvalue weighted by Crippen LogP contribution is 2.25. The number of urea groups is 1. The first-order valence-electron chi connectivity index (χ1n) is 11.4. The second-order valence-corrected chi connectivity index (χ2v) is 8.74. The van der Waals surface area contributed by atoms with Crippen LogP contribution in [-0.4, -0.2) is 27.0 Å². The van der Waals surface area contributed by atoms with Crippen LogP contribution < -0.4 is 10.9 Å². The Hall–Kier alpha value is -4.07. The molecule has 0 saturated carbocycles. The van der Waals surface area contributed by atoms with Gasteiger partial charge < -0.3 is 10.2 Å². The summed E-state index contributed by atoms with van der Waals surface area (Å²) in [6.45, 7) is 6.00. The number of amides is 2. The number of fused-ring (bicyclic) bond motifs is 1. The molecule has 2 amide bonds. The van der Waals surface area contributed by atoms with Gasteiger partial charge >= 0.3 is 6.03 Å². The van der Waals surface area contributed by atoms with Crippen LogP contribution in [0.3, 0.4) is 0 Å². The van der Waals surface area contributed by atoms with E-state index in [2.05, 4.69) is 5.32 Å². The number of hydrogen-bond acceptors (Lipinski definition) is 3. The summed E-state index contributed by atoms with van der Waals surface area (Å²) in [5.41, 5.74) is 0.635. The molecule has 0 aliphatic heterocycles. The van der Waals surface area contributed by atoms with Crippen molar-refractivity contribution in [1.29, 1.82) is 0 Å². The summed E-state index contributed by atoms with van der Waals surface area (Å²) in [6.07, 6.45) is 0. The lowest BCUT2D eigenvalue weighted by molar-refractivity contribution is 0.179. The first-order valence-corrected chi connectivity index (χ1v) is 11.4. The first kappa shape index (κ1) is 24.1. The van der Waals surface area contributed by atoms with Crippen molar-refractivity contribution in [2.75, 3.05) is 11.9 Å². The van der Waals surface area contributed by atoms with Crippen molar-refractivity contribution >= 4 is 22.6 Å². The third kappa shape index (κ3) is 5.06. The van der Waals surface area contributed by atoms with Crippen LogP contribution in [0.25, 0.3) is 16.6 Å². The standard InChI is InChI=1S/C27H26F2N4O2/c1-17(2)16-32(27(35)31-24-11-7-5-9-22(24)29)18(3)25-30-23-10-6-4-8-21(23)26(34)33(25)20-14-12-19(28)13-15-20/h4-15,17-18H,16H2,1-3H3,(H,31,35). The Morgan fingerprint density at radius 1 is 0.971 bits per heavy atom. The molecule has 0 aliphatic carbocycles. The molecule has 1 atom stereocenters. The van der Waals surface area contributed by atoms with Crippen LogP contribution in [0.5, 0.6) is 0 Å². The Bertz CT molecular complexity index is 1420. The van der Waals surface area contributed by atoms with E-state index < -0.39 is 23.7 Å². The van der Waals surface area contributed by atoms with Crippen molar-refractivity contribution in [3.8, 4) is 5.69 Å². The maximum Gasteiger partial charge on any atom is 0.322 e. The van der Waals surface area contributed by atoms with Crippen molar-refractivity contribution in [1.82, 2.24) is 14.5 Å². The predicted octanol–water partition coefficient (Wildman–Crippen LogP) is 5.92. The zero-order valence-electron chi connectivity index (χ0n) is 19.7. The number of carbonyl (C=O) groups excluding carboxylic acids is 1. The minimum atomic E-state index is -0.675. The molecule has 6 nitrogen and oxygen atoms in total. The lowest BCUT2D eigenvalue weighted by atomic mass is 10.1. The number of carbonyl (C=O) groups is 1. The van der Waals surface area contributed by atoms with Crippen molar-refractivity contribution < 1.29 is 13.6 Å². The fourth-order valence-corrected chi connectivity index (χ4v) is 3.97. The molecule has 0 aliphatic rings. The summed E-state index contributed by atoms with van der Waals surface area (Å²) in [7, 11) is 0. The van der Waals surface area contributed by atoms with E-state index in [1.165, 1.54) is 45.9 Å². The molecule has 1 N–H and O–H groups in total. The molecule has 35 heavy (non-hydrogen) atoms. The normalized spacial score (nSPS) is 12.1. The fourth-order valence-electron chi connectivity index (χ4n) is 3.97. The van der Waals surface area contributed by atoms with Crippen molar-refractivity contribution in [2.45, 2.75) is 26.8 Å². The van der Waals surface area contributed by atoms with Crippen molar-refractivity contribution in [3.63, 3.8) is 0 Å². The molecule has 4 aromatic rings. The molecule has 8 heteroatoms. The highest BCUT2D eigenvalue weighted by Gasteiger charge is 2.28. The Balaban J connectivity index is 1.85. The van der Waals surface area contributed by atoms with E-state index in [1.807, 2.05) is 13.8 Å². The van der Waals surface area contributed by atoms with Gasteiger partial charge in [0.15, 0.2) is 0 Å². The van der Waals surface area contributed by atoms with Crippen LogP contribution in [0.1, 0.15) is 32.6 Å². The van der Waals surface area contributed by atoms with E-state index in [0.29, 0.717) is 29.0 Å². The van der Waals surface area contributed by atoms with Crippen LogP contribution in [0.15, 0.2) is 77.6 Å². The average Bonchev–Trinajstić information content (AvgIpc) is 2.84. The summed E-state index contributed by atoms with van der Waals surface area (Å²) in [5.74, 6) is -0.596. The first-order chi connectivity index (χ1) is 16.8. The van der Waals surface area contributed by atoms with Gasteiger partial charge in [-0.15, -0.1) is 0 Å². The van der Waals surface area contributed by atoms with Gasteiger partial charge in [-0.2, -0.15) is 0 Å². The molecule has 180 valence electrons.